The highest BCUT2D eigenvalue weighted by molar-refractivity contribution is 7.32. The average Bonchev–Trinajstić information content (AvgIpc) is 2.14. The van der Waals surface area contributed by atoms with Gasteiger partial charge in [-0.2, -0.15) is 22.8 Å². The van der Waals surface area contributed by atoms with Gasteiger partial charge in [0.05, 0.1) is 0 Å². The molecule has 48 valence electrons. The fourth-order valence-corrected chi connectivity index (χ4v) is 1.68. The summed E-state index contributed by atoms with van der Waals surface area (Å²) in [4.78, 5) is 1.33. The van der Waals surface area contributed by atoms with Crippen molar-refractivity contribution >= 4 is 33.7 Å². The Morgan fingerprint density at radius 2 is 2.22 bits per heavy atom. The van der Waals surface area contributed by atoms with Gasteiger partial charge in [0.1, 0.15) is 0 Å². The van der Waals surface area contributed by atoms with E-state index >= 15 is 0 Å². The summed E-state index contributed by atoms with van der Waals surface area (Å²) in [6.45, 7) is 4.08. The number of rotatable bonds is 1. The quantitative estimate of drug-likeness (QED) is 0.549. The van der Waals surface area contributed by atoms with Crippen molar-refractivity contribution in [2.24, 2.45) is 0 Å². The number of halogens is 1. The van der Waals surface area contributed by atoms with E-state index in [0.29, 0.717) is 0 Å². The minimum absolute atomic E-state index is 0.170. The first kappa shape index (κ1) is 7.17. The fraction of sp³-hybridized carbons (Fsp3) is 0.333. The van der Waals surface area contributed by atoms with Gasteiger partial charge in [-0.25, -0.2) is 0 Å². The van der Waals surface area contributed by atoms with Crippen molar-refractivity contribution in [2.75, 3.05) is 0 Å². The number of aryl methyl sites for hydroxylation is 1. The Morgan fingerprint density at radius 1 is 1.56 bits per heavy atom. The summed E-state index contributed by atoms with van der Waals surface area (Å²) in [5.74, 6) is 0. The van der Waals surface area contributed by atoms with Crippen molar-refractivity contribution in [1.82, 2.24) is 0 Å². The summed E-state index contributed by atoms with van der Waals surface area (Å²) in [5.41, 5.74) is 0. The monoisotopic (exact) mass is 158 g/mol. The summed E-state index contributed by atoms with van der Waals surface area (Å²) in [6, 6.07) is 4.18. The molecule has 0 spiro atoms. The van der Waals surface area contributed by atoms with Crippen molar-refractivity contribution in [1.29, 1.82) is 0 Å². The lowest BCUT2D eigenvalue weighted by molar-refractivity contribution is 1.64. The van der Waals surface area contributed by atoms with Gasteiger partial charge in [-0.3, -0.25) is 0 Å². The minimum atomic E-state index is 0.170. The van der Waals surface area contributed by atoms with Gasteiger partial charge in [-0.1, -0.05) is 12.9 Å². The van der Waals surface area contributed by atoms with Gasteiger partial charge < -0.3 is 0 Å². The predicted octanol–water partition coefficient (Wildman–Crippen LogP) is 2.12. The summed E-state index contributed by atoms with van der Waals surface area (Å²) in [5, 5.41) is 0. The molecular weight excluding hydrogens is 150 g/mol. The molecule has 0 radical (unpaired) electrons. The summed E-state index contributed by atoms with van der Waals surface area (Å²) < 4.78 is 1.26. The van der Waals surface area contributed by atoms with Crippen LogP contribution in [-0.4, -0.2) is 6.13 Å². The molecule has 1 rings (SSSR count). The third kappa shape index (κ3) is 1.73. The van der Waals surface area contributed by atoms with Gasteiger partial charge >= 0.3 is 0 Å². The topological polar surface area (TPSA) is 0 Å². The van der Waals surface area contributed by atoms with Gasteiger partial charge in [0.2, 0.25) is 0 Å². The standard InChI is InChI=1S/C6H8BClS/c1-5-3-4-6(9-5)7(2)8/h3-4H,1-2H3. The van der Waals surface area contributed by atoms with E-state index in [4.69, 9.17) is 11.5 Å². The number of hydrogen-bond acceptors (Lipinski definition) is 1. The van der Waals surface area contributed by atoms with E-state index in [1.165, 1.54) is 9.65 Å². The molecule has 0 amide bonds. The molecule has 0 fully saturated rings. The van der Waals surface area contributed by atoms with Gasteiger partial charge in [0, 0.05) is 4.88 Å². The number of hydrogen-bond donors (Lipinski definition) is 0. The van der Waals surface area contributed by atoms with Crippen LogP contribution in [0.2, 0.25) is 6.82 Å². The lowest BCUT2D eigenvalue weighted by Crippen LogP contribution is -2.14. The van der Waals surface area contributed by atoms with Crippen LogP contribution >= 0.6 is 22.8 Å². The summed E-state index contributed by atoms with van der Waals surface area (Å²) >= 11 is 7.59. The molecule has 0 saturated carbocycles. The van der Waals surface area contributed by atoms with Crippen LogP contribution in [0.1, 0.15) is 4.88 Å². The van der Waals surface area contributed by atoms with Crippen LogP contribution in [0.4, 0.5) is 0 Å². The highest BCUT2D eigenvalue weighted by Crippen LogP contribution is 2.06. The fourth-order valence-electron chi connectivity index (χ4n) is 0.667. The highest BCUT2D eigenvalue weighted by Gasteiger charge is 2.06. The molecule has 1 aromatic rings. The molecule has 0 aliphatic carbocycles. The van der Waals surface area contributed by atoms with E-state index in [-0.39, 0.29) is 6.13 Å². The molecule has 0 nitrogen and oxygen atoms in total. The van der Waals surface area contributed by atoms with Crippen LogP contribution in [0, 0.1) is 6.92 Å². The Morgan fingerprint density at radius 3 is 2.44 bits per heavy atom. The van der Waals surface area contributed by atoms with Gasteiger partial charge in [0.15, 0.2) is 0 Å². The second kappa shape index (κ2) is 2.76. The maximum Gasteiger partial charge on any atom is 0.290 e. The first-order valence-corrected chi connectivity index (χ1v) is 4.16. The van der Waals surface area contributed by atoms with E-state index in [1.54, 1.807) is 11.3 Å². The van der Waals surface area contributed by atoms with Crippen LogP contribution in [0.5, 0.6) is 0 Å². The van der Waals surface area contributed by atoms with E-state index < -0.39 is 0 Å². The minimum Gasteiger partial charge on any atom is -0.188 e. The Labute approximate surface area is 64.8 Å². The molecule has 0 bridgehead atoms. The van der Waals surface area contributed by atoms with Crippen molar-refractivity contribution < 1.29 is 0 Å². The first-order chi connectivity index (χ1) is 4.20. The first-order valence-electron chi connectivity index (χ1n) is 2.90. The zero-order valence-electron chi connectivity index (χ0n) is 5.52. The molecule has 3 heteroatoms. The smallest absolute Gasteiger partial charge is 0.188 e. The van der Waals surface area contributed by atoms with Crippen LogP contribution in [0.15, 0.2) is 12.1 Å². The largest absolute Gasteiger partial charge is 0.290 e. The van der Waals surface area contributed by atoms with Crippen molar-refractivity contribution in [3.63, 3.8) is 0 Å². The predicted molar refractivity (Wildman–Crippen MR) is 46.2 cm³/mol. The van der Waals surface area contributed by atoms with Crippen LogP contribution in [0.25, 0.3) is 0 Å². The molecule has 0 saturated heterocycles. The molecule has 0 atom stereocenters. The van der Waals surface area contributed by atoms with Crippen LogP contribution < -0.4 is 4.78 Å². The molecule has 9 heavy (non-hydrogen) atoms. The molecule has 0 aromatic carbocycles. The van der Waals surface area contributed by atoms with E-state index in [2.05, 4.69) is 19.1 Å². The lowest BCUT2D eigenvalue weighted by Gasteiger charge is -1.88. The second-order valence-electron chi connectivity index (χ2n) is 2.06. The molecule has 0 N–H and O–H groups in total. The lowest BCUT2D eigenvalue weighted by atomic mass is 9.78. The zero-order valence-corrected chi connectivity index (χ0v) is 7.09. The normalized spacial score (nSPS) is 9.67. The molecule has 1 aromatic heterocycles. The zero-order chi connectivity index (χ0) is 6.85. The van der Waals surface area contributed by atoms with Crippen LogP contribution in [-0.2, 0) is 0 Å². The Balaban J connectivity index is 2.85. The van der Waals surface area contributed by atoms with E-state index in [0.717, 1.165) is 0 Å². The summed E-state index contributed by atoms with van der Waals surface area (Å²) in [6.07, 6.45) is 0.170. The van der Waals surface area contributed by atoms with E-state index in [1.807, 2.05) is 6.82 Å². The molecule has 0 aliphatic rings. The molecule has 0 unspecified atom stereocenters. The molecule has 0 aliphatic heterocycles. The molecular formula is C6H8BClS. The Bertz CT molecular complexity index is 195. The molecule has 1 heterocycles. The Kier molecular flexibility index (Phi) is 2.20. The van der Waals surface area contributed by atoms with Crippen molar-refractivity contribution in [2.45, 2.75) is 13.7 Å². The third-order valence-electron chi connectivity index (χ3n) is 1.15. The van der Waals surface area contributed by atoms with Gasteiger partial charge in [-0.15, -0.1) is 0 Å². The SMILES string of the molecule is CB(Cl)c1ccc(C)s1. The van der Waals surface area contributed by atoms with Gasteiger partial charge in [0.25, 0.3) is 6.13 Å². The van der Waals surface area contributed by atoms with Crippen molar-refractivity contribution in [3.8, 4) is 0 Å². The maximum atomic E-state index is 5.83. The van der Waals surface area contributed by atoms with Crippen LogP contribution in [0.3, 0.4) is 0 Å². The van der Waals surface area contributed by atoms with Crippen molar-refractivity contribution in [3.05, 3.63) is 17.0 Å². The van der Waals surface area contributed by atoms with Gasteiger partial charge in [-0.05, 0) is 17.8 Å². The summed E-state index contributed by atoms with van der Waals surface area (Å²) in [7, 11) is 0. The number of thiophene rings is 1. The highest BCUT2D eigenvalue weighted by atomic mass is 35.5. The third-order valence-corrected chi connectivity index (χ3v) is 2.70. The maximum absolute atomic E-state index is 5.83. The van der Waals surface area contributed by atoms with E-state index in [9.17, 15) is 0 Å². The Hall–Kier alpha value is 0.0549. The average molecular weight is 158 g/mol. The second-order valence-corrected chi connectivity index (χ2v) is 4.04.